The molecule has 0 saturated carbocycles. The lowest BCUT2D eigenvalue weighted by Gasteiger charge is -2.21. The van der Waals surface area contributed by atoms with Crippen LogP contribution >= 0.6 is 0 Å². The molecule has 54 heavy (non-hydrogen) atoms. The van der Waals surface area contributed by atoms with Gasteiger partial charge in [-0.3, -0.25) is 15.0 Å². The first kappa shape index (κ1) is 52.3. The van der Waals surface area contributed by atoms with E-state index in [0.29, 0.717) is 19.4 Å². The Balaban J connectivity index is 3.95. The van der Waals surface area contributed by atoms with Crippen molar-refractivity contribution in [2.45, 2.75) is 226 Å². The number of nitrogens with one attached hydrogen (secondary N) is 2. The lowest BCUT2D eigenvalue weighted by Crippen LogP contribution is -2.29. The molecule has 0 aromatic rings. The van der Waals surface area contributed by atoms with Crippen LogP contribution in [-0.4, -0.2) is 86.0 Å². The summed E-state index contributed by atoms with van der Waals surface area (Å²) in [6.07, 6.45) is 31.4. The van der Waals surface area contributed by atoms with Crippen molar-refractivity contribution in [3.63, 3.8) is 0 Å². The Labute approximate surface area is 333 Å². The van der Waals surface area contributed by atoms with E-state index in [1.54, 1.807) is 6.92 Å². The van der Waals surface area contributed by atoms with Crippen LogP contribution in [0.1, 0.15) is 214 Å². The van der Waals surface area contributed by atoms with Crippen LogP contribution in [0.25, 0.3) is 0 Å². The zero-order chi connectivity index (χ0) is 39.7. The molecule has 9 heteroatoms. The second-order valence-corrected chi connectivity index (χ2v) is 15.8. The van der Waals surface area contributed by atoms with Crippen LogP contribution in [0.4, 0.5) is 0 Å². The van der Waals surface area contributed by atoms with Crippen molar-refractivity contribution in [1.29, 1.82) is 5.41 Å². The molecular formula is C45H89N3O6. The number of carbonyl (C=O) groups is 2. The SMILES string of the molecule is CCCCCCCCC(CCNCCCCC)OC(=O)CCCCCCCN(CCO)CCCCCCCCC(=O)OC(C)CCCCCCOC(C)=N. The summed E-state index contributed by atoms with van der Waals surface area (Å²) in [6.45, 7) is 13.7. The standard InChI is InChI=1S/C45H89N3O6/c1-5-7-9-10-14-22-30-43(33-35-47-34-25-8-6-2)54-45(51)32-24-16-13-19-27-37-48(38-39-49)36-26-18-12-11-15-23-31-44(50)53-41(3)29-21-17-20-28-40-52-42(4)46/h41,43,46-47,49H,5-40H2,1-4H3. The highest BCUT2D eigenvalue weighted by Gasteiger charge is 2.14. The van der Waals surface area contributed by atoms with E-state index in [4.69, 9.17) is 19.6 Å². The molecule has 320 valence electrons. The molecule has 0 heterocycles. The van der Waals surface area contributed by atoms with Gasteiger partial charge in [-0.25, -0.2) is 0 Å². The number of ether oxygens (including phenoxy) is 3. The van der Waals surface area contributed by atoms with Crippen molar-refractivity contribution in [2.75, 3.05) is 45.9 Å². The second kappa shape index (κ2) is 40.9. The molecule has 0 bridgehead atoms. The minimum atomic E-state index is -0.0706. The summed E-state index contributed by atoms with van der Waals surface area (Å²) in [7, 11) is 0. The molecule has 3 N–H and O–H groups in total. The topological polar surface area (TPSA) is 121 Å². The van der Waals surface area contributed by atoms with Crippen molar-refractivity contribution in [2.24, 2.45) is 0 Å². The Hall–Kier alpha value is -1.71. The largest absolute Gasteiger partial charge is 0.481 e. The van der Waals surface area contributed by atoms with Crippen molar-refractivity contribution in [3.05, 3.63) is 0 Å². The number of aliphatic hydroxyl groups is 1. The molecule has 0 aliphatic rings. The van der Waals surface area contributed by atoms with Crippen LogP contribution in [-0.2, 0) is 23.8 Å². The van der Waals surface area contributed by atoms with Gasteiger partial charge in [-0.1, -0.05) is 117 Å². The van der Waals surface area contributed by atoms with E-state index in [1.165, 1.54) is 64.2 Å². The maximum Gasteiger partial charge on any atom is 0.306 e. The number of rotatable bonds is 42. The van der Waals surface area contributed by atoms with E-state index < -0.39 is 0 Å². The van der Waals surface area contributed by atoms with Crippen LogP contribution in [0, 0.1) is 5.41 Å². The van der Waals surface area contributed by atoms with Crippen molar-refractivity contribution in [1.82, 2.24) is 10.2 Å². The fraction of sp³-hybridized carbons (Fsp3) is 0.933. The molecule has 0 radical (unpaired) electrons. The predicted octanol–water partition coefficient (Wildman–Crippen LogP) is 11.1. The highest BCUT2D eigenvalue weighted by Crippen LogP contribution is 2.16. The number of hydrogen-bond donors (Lipinski definition) is 3. The van der Waals surface area contributed by atoms with Gasteiger partial charge in [0.2, 0.25) is 0 Å². The van der Waals surface area contributed by atoms with Crippen LogP contribution in [0.3, 0.4) is 0 Å². The Morgan fingerprint density at radius 1 is 0.593 bits per heavy atom. The Kier molecular flexibility index (Phi) is 39.6. The molecule has 0 saturated heterocycles. The summed E-state index contributed by atoms with van der Waals surface area (Å²) in [6, 6.07) is 0. The van der Waals surface area contributed by atoms with Crippen molar-refractivity contribution in [3.8, 4) is 0 Å². The number of carbonyl (C=O) groups excluding carboxylic acids is 2. The third-order valence-corrected chi connectivity index (χ3v) is 10.3. The molecule has 2 atom stereocenters. The Morgan fingerprint density at radius 2 is 1.09 bits per heavy atom. The third-order valence-electron chi connectivity index (χ3n) is 10.3. The number of unbranched alkanes of at least 4 members (excludes halogenated alkanes) is 19. The zero-order valence-corrected chi connectivity index (χ0v) is 36.0. The molecular weight excluding hydrogens is 679 g/mol. The van der Waals surface area contributed by atoms with Gasteiger partial charge in [0.25, 0.3) is 0 Å². The molecule has 0 aromatic carbocycles. The maximum atomic E-state index is 12.7. The molecule has 9 nitrogen and oxygen atoms in total. The second-order valence-electron chi connectivity index (χ2n) is 15.8. The average molecular weight is 768 g/mol. The minimum Gasteiger partial charge on any atom is -0.481 e. The van der Waals surface area contributed by atoms with E-state index in [9.17, 15) is 14.7 Å². The maximum absolute atomic E-state index is 12.7. The lowest BCUT2D eigenvalue weighted by atomic mass is 10.0. The van der Waals surface area contributed by atoms with Gasteiger partial charge in [-0.15, -0.1) is 0 Å². The van der Waals surface area contributed by atoms with Crippen LogP contribution in [0.2, 0.25) is 0 Å². The van der Waals surface area contributed by atoms with Gasteiger partial charge in [0.05, 0.1) is 19.3 Å². The summed E-state index contributed by atoms with van der Waals surface area (Å²) in [5.41, 5.74) is 0. The van der Waals surface area contributed by atoms with E-state index in [1.807, 2.05) is 6.92 Å². The quantitative estimate of drug-likeness (QED) is 0.0243. The first-order valence-corrected chi connectivity index (χ1v) is 22.9. The minimum absolute atomic E-state index is 0.0184. The van der Waals surface area contributed by atoms with Crippen LogP contribution < -0.4 is 5.32 Å². The molecule has 0 spiro atoms. The van der Waals surface area contributed by atoms with Gasteiger partial charge in [-0.05, 0) is 104 Å². The highest BCUT2D eigenvalue weighted by atomic mass is 16.5. The average Bonchev–Trinajstić information content (AvgIpc) is 3.14. The number of hydrogen-bond acceptors (Lipinski definition) is 9. The molecule has 2 unspecified atom stereocenters. The number of nitrogens with zero attached hydrogens (tertiary/aromatic N) is 1. The van der Waals surface area contributed by atoms with Gasteiger partial charge in [-0.2, -0.15) is 0 Å². The molecule has 0 fully saturated rings. The molecule has 0 rings (SSSR count). The van der Waals surface area contributed by atoms with Crippen molar-refractivity contribution < 1.29 is 28.9 Å². The molecule has 0 aliphatic carbocycles. The number of aliphatic hydroxyl groups excluding tert-OH is 1. The van der Waals surface area contributed by atoms with Gasteiger partial charge < -0.3 is 29.5 Å². The summed E-state index contributed by atoms with van der Waals surface area (Å²) in [5.74, 6) is 0.187. The van der Waals surface area contributed by atoms with Crippen molar-refractivity contribution >= 4 is 17.8 Å². The normalized spacial score (nSPS) is 12.6. The van der Waals surface area contributed by atoms with E-state index in [2.05, 4.69) is 24.1 Å². The number of esters is 2. The van der Waals surface area contributed by atoms with Gasteiger partial charge >= 0.3 is 11.9 Å². The predicted molar refractivity (Wildman–Crippen MR) is 226 cm³/mol. The van der Waals surface area contributed by atoms with E-state index in [-0.39, 0.29) is 36.7 Å². The molecule has 0 amide bonds. The monoisotopic (exact) mass is 768 g/mol. The first-order valence-electron chi connectivity index (χ1n) is 22.9. The molecule has 0 aliphatic heterocycles. The summed E-state index contributed by atoms with van der Waals surface area (Å²) in [5, 5.41) is 20.4. The highest BCUT2D eigenvalue weighted by molar-refractivity contribution is 5.70. The fourth-order valence-corrected chi connectivity index (χ4v) is 6.93. The Morgan fingerprint density at radius 3 is 1.69 bits per heavy atom. The van der Waals surface area contributed by atoms with Gasteiger partial charge in [0, 0.05) is 26.3 Å². The lowest BCUT2D eigenvalue weighted by molar-refractivity contribution is -0.150. The third kappa shape index (κ3) is 38.6. The fourth-order valence-electron chi connectivity index (χ4n) is 6.93. The first-order chi connectivity index (χ1) is 26.3. The summed E-state index contributed by atoms with van der Waals surface area (Å²) < 4.78 is 16.7. The smallest absolute Gasteiger partial charge is 0.306 e. The van der Waals surface area contributed by atoms with Crippen LogP contribution in [0.15, 0.2) is 0 Å². The summed E-state index contributed by atoms with van der Waals surface area (Å²) in [4.78, 5) is 27.3. The summed E-state index contributed by atoms with van der Waals surface area (Å²) >= 11 is 0. The Bertz CT molecular complexity index is 828. The van der Waals surface area contributed by atoms with Gasteiger partial charge in [0.1, 0.15) is 6.10 Å². The van der Waals surface area contributed by atoms with E-state index in [0.717, 1.165) is 142 Å². The molecule has 0 aromatic heterocycles. The van der Waals surface area contributed by atoms with Crippen LogP contribution in [0.5, 0.6) is 0 Å². The van der Waals surface area contributed by atoms with Gasteiger partial charge in [0.15, 0.2) is 5.90 Å². The zero-order valence-electron chi connectivity index (χ0n) is 36.0. The van der Waals surface area contributed by atoms with E-state index >= 15 is 0 Å².